The maximum absolute atomic E-state index is 13.1. The van der Waals surface area contributed by atoms with E-state index < -0.39 is 30.8 Å². The first kappa shape index (κ1) is 13.2. The Hall–Kier alpha value is -0.910. The molecule has 0 heterocycles. The molecule has 0 bridgehead atoms. The Kier molecular flexibility index (Phi) is 3.42. The average molecular weight is 258 g/mol. The van der Waals surface area contributed by atoms with E-state index in [1.807, 2.05) is 0 Å². The van der Waals surface area contributed by atoms with Gasteiger partial charge in [0, 0.05) is 0 Å². The third-order valence-electron chi connectivity index (χ3n) is 1.78. The Bertz CT molecular complexity index is 426. The summed E-state index contributed by atoms with van der Waals surface area (Å²) in [5.74, 6) is -2.74. The molecule has 0 spiro atoms. The normalized spacial score (nSPS) is 14.9. The standard InChI is InChI=1S/C8H7F4O3P/c9-7(16(13,14)15)5-2-1-3-6(4-5)8(10,11)12/h1-4,7H,(H2,13,14,15). The Morgan fingerprint density at radius 3 is 2.25 bits per heavy atom. The predicted molar refractivity (Wildman–Crippen MR) is 47.3 cm³/mol. The van der Waals surface area contributed by atoms with Gasteiger partial charge in [-0.2, -0.15) is 13.2 Å². The predicted octanol–water partition coefficient (Wildman–Crippen LogP) is 2.85. The quantitative estimate of drug-likeness (QED) is 0.633. The highest BCUT2D eigenvalue weighted by molar-refractivity contribution is 7.51. The molecule has 0 radical (unpaired) electrons. The second kappa shape index (κ2) is 4.16. The van der Waals surface area contributed by atoms with E-state index in [0.717, 1.165) is 12.1 Å². The summed E-state index contributed by atoms with van der Waals surface area (Å²) >= 11 is 0. The average Bonchev–Trinajstić information content (AvgIpc) is 2.14. The summed E-state index contributed by atoms with van der Waals surface area (Å²) < 4.78 is 60.2. The Morgan fingerprint density at radius 1 is 1.25 bits per heavy atom. The van der Waals surface area contributed by atoms with Gasteiger partial charge in [-0.1, -0.05) is 12.1 Å². The Morgan fingerprint density at radius 2 is 1.81 bits per heavy atom. The first-order chi connectivity index (χ1) is 7.12. The van der Waals surface area contributed by atoms with Gasteiger partial charge in [-0.15, -0.1) is 0 Å². The highest BCUT2D eigenvalue weighted by Gasteiger charge is 2.34. The summed E-state index contributed by atoms with van der Waals surface area (Å²) in [7, 11) is -5.08. The van der Waals surface area contributed by atoms with E-state index in [0.29, 0.717) is 12.1 Å². The lowest BCUT2D eigenvalue weighted by Gasteiger charge is -2.12. The van der Waals surface area contributed by atoms with Crippen LogP contribution in [0.2, 0.25) is 0 Å². The zero-order valence-electron chi connectivity index (χ0n) is 7.65. The molecule has 16 heavy (non-hydrogen) atoms. The first-order valence-electron chi connectivity index (χ1n) is 3.99. The van der Waals surface area contributed by atoms with Gasteiger partial charge in [-0.3, -0.25) is 4.57 Å². The van der Waals surface area contributed by atoms with Crippen LogP contribution in [0.1, 0.15) is 17.0 Å². The van der Waals surface area contributed by atoms with Crippen molar-refractivity contribution < 1.29 is 31.9 Å². The molecule has 1 atom stereocenters. The zero-order chi connectivity index (χ0) is 12.6. The summed E-state index contributed by atoms with van der Waals surface area (Å²) in [6.07, 6.45) is -4.68. The summed E-state index contributed by atoms with van der Waals surface area (Å²) in [6.45, 7) is 0. The molecular weight excluding hydrogens is 251 g/mol. The molecule has 3 nitrogen and oxygen atoms in total. The molecule has 0 amide bonds. The second-order valence-corrected chi connectivity index (χ2v) is 4.68. The molecule has 0 fully saturated rings. The van der Waals surface area contributed by atoms with Crippen LogP contribution in [0.15, 0.2) is 24.3 Å². The molecule has 90 valence electrons. The molecular formula is C8H7F4O3P. The van der Waals surface area contributed by atoms with Crippen LogP contribution in [0, 0.1) is 0 Å². The van der Waals surface area contributed by atoms with Crippen molar-refractivity contribution in [2.45, 2.75) is 12.1 Å². The fourth-order valence-electron chi connectivity index (χ4n) is 1.06. The van der Waals surface area contributed by atoms with Gasteiger partial charge < -0.3 is 9.79 Å². The number of hydrogen-bond acceptors (Lipinski definition) is 1. The number of benzene rings is 1. The van der Waals surface area contributed by atoms with Crippen molar-refractivity contribution in [3.8, 4) is 0 Å². The van der Waals surface area contributed by atoms with Crippen molar-refractivity contribution >= 4 is 7.60 Å². The summed E-state index contributed by atoms with van der Waals surface area (Å²) in [5.41, 5.74) is -1.84. The topological polar surface area (TPSA) is 57.5 Å². The first-order valence-corrected chi connectivity index (χ1v) is 5.67. The van der Waals surface area contributed by atoms with E-state index >= 15 is 0 Å². The van der Waals surface area contributed by atoms with Gasteiger partial charge in [0.15, 0.2) is 0 Å². The van der Waals surface area contributed by atoms with Gasteiger partial charge in [0.1, 0.15) is 0 Å². The van der Waals surface area contributed by atoms with Crippen molar-refractivity contribution in [2.24, 2.45) is 0 Å². The van der Waals surface area contributed by atoms with Crippen LogP contribution < -0.4 is 0 Å². The van der Waals surface area contributed by atoms with E-state index in [9.17, 15) is 22.1 Å². The number of halogens is 4. The van der Waals surface area contributed by atoms with Crippen LogP contribution in [-0.2, 0) is 10.7 Å². The molecule has 0 aromatic heterocycles. The molecule has 0 aliphatic rings. The molecule has 0 aliphatic heterocycles. The lowest BCUT2D eigenvalue weighted by Crippen LogP contribution is -2.06. The number of rotatable bonds is 2. The van der Waals surface area contributed by atoms with Gasteiger partial charge in [0.2, 0.25) is 5.91 Å². The third-order valence-corrected chi connectivity index (χ3v) is 2.67. The number of alkyl halides is 4. The van der Waals surface area contributed by atoms with Crippen molar-refractivity contribution in [3.63, 3.8) is 0 Å². The highest BCUT2D eigenvalue weighted by atomic mass is 31.2. The Labute approximate surface area is 87.9 Å². The lowest BCUT2D eigenvalue weighted by molar-refractivity contribution is -0.137. The molecule has 0 aliphatic carbocycles. The third kappa shape index (κ3) is 3.04. The van der Waals surface area contributed by atoms with Gasteiger partial charge in [0.05, 0.1) is 5.56 Å². The van der Waals surface area contributed by atoms with Crippen LogP contribution in [0.4, 0.5) is 17.6 Å². The molecule has 1 unspecified atom stereocenters. The highest BCUT2D eigenvalue weighted by Crippen LogP contribution is 2.53. The SMILES string of the molecule is O=P(O)(O)C(F)c1cccc(C(F)(F)F)c1. The Balaban J connectivity index is 3.14. The summed E-state index contributed by atoms with van der Waals surface area (Å²) in [5, 5.41) is 0. The minimum atomic E-state index is -5.08. The van der Waals surface area contributed by atoms with Crippen LogP contribution >= 0.6 is 7.60 Å². The maximum atomic E-state index is 13.1. The van der Waals surface area contributed by atoms with E-state index in [4.69, 9.17) is 9.79 Å². The second-order valence-electron chi connectivity index (χ2n) is 3.05. The summed E-state index contributed by atoms with van der Waals surface area (Å²) in [6, 6.07) is 2.85. The maximum Gasteiger partial charge on any atom is 0.416 e. The lowest BCUT2D eigenvalue weighted by atomic mass is 10.1. The largest absolute Gasteiger partial charge is 0.416 e. The van der Waals surface area contributed by atoms with Gasteiger partial charge in [0.25, 0.3) is 0 Å². The minimum Gasteiger partial charge on any atom is -0.322 e. The van der Waals surface area contributed by atoms with E-state index in [1.165, 1.54) is 0 Å². The molecule has 2 N–H and O–H groups in total. The van der Waals surface area contributed by atoms with Gasteiger partial charge >= 0.3 is 13.8 Å². The van der Waals surface area contributed by atoms with Crippen LogP contribution in [-0.4, -0.2) is 9.79 Å². The molecule has 1 aromatic carbocycles. The van der Waals surface area contributed by atoms with Gasteiger partial charge in [-0.25, -0.2) is 4.39 Å². The van der Waals surface area contributed by atoms with Crippen molar-refractivity contribution in [3.05, 3.63) is 35.4 Å². The van der Waals surface area contributed by atoms with Crippen molar-refractivity contribution in [1.29, 1.82) is 0 Å². The monoisotopic (exact) mass is 258 g/mol. The molecule has 0 saturated heterocycles. The van der Waals surface area contributed by atoms with Crippen molar-refractivity contribution in [1.82, 2.24) is 0 Å². The number of hydrogen-bond donors (Lipinski definition) is 2. The summed E-state index contributed by atoms with van der Waals surface area (Å²) in [4.78, 5) is 17.0. The molecule has 8 heteroatoms. The smallest absolute Gasteiger partial charge is 0.322 e. The van der Waals surface area contributed by atoms with Crippen molar-refractivity contribution in [2.75, 3.05) is 0 Å². The van der Waals surface area contributed by atoms with Crippen LogP contribution in [0.5, 0.6) is 0 Å². The fraction of sp³-hybridized carbons (Fsp3) is 0.250. The molecule has 1 aromatic rings. The van der Waals surface area contributed by atoms with E-state index in [-0.39, 0.29) is 0 Å². The fourth-order valence-corrected chi connectivity index (χ4v) is 1.61. The zero-order valence-corrected chi connectivity index (χ0v) is 8.54. The van der Waals surface area contributed by atoms with E-state index in [2.05, 4.69) is 0 Å². The molecule has 0 saturated carbocycles. The van der Waals surface area contributed by atoms with Crippen LogP contribution in [0.3, 0.4) is 0 Å². The van der Waals surface area contributed by atoms with E-state index in [1.54, 1.807) is 0 Å². The minimum absolute atomic E-state index is 0.379. The van der Waals surface area contributed by atoms with Crippen LogP contribution in [0.25, 0.3) is 0 Å². The molecule has 1 rings (SSSR count). The van der Waals surface area contributed by atoms with Gasteiger partial charge in [-0.05, 0) is 17.7 Å².